The highest BCUT2D eigenvalue weighted by atomic mass is 19.4. The number of fused-ring (bicyclic) bond motifs is 2. The molecule has 3 heterocycles. The number of pyridine rings is 1. The zero-order chi connectivity index (χ0) is 17.8. The first kappa shape index (κ1) is 15.5. The van der Waals surface area contributed by atoms with Gasteiger partial charge in [0.25, 0.3) is 0 Å². The fourth-order valence-electron chi connectivity index (χ4n) is 2.99. The first-order valence-electron chi connectivity index (χ1n) is 7.45. The molecule has 0 spiro atoms. The van der Waals surface area contributed by atoms with Gasteiger partial charge in [0.05, 0.1) is 24.4 Å². The van der Waals surface area contributed by atoms with E-state index in [1.54, 1.807) is 12.3 Å². The van der Waals surface area contributed by atoms with Crippen LogP contribution >= 0.6 is 0 Å². The van der Waals surface area contributed by atoms with E-state index in [0.29, 0.717) is 16.9 Å². The van der Waals surface area contributed by atoms with Gasteiger partial charge in [0.15, 0.2) is 5.69 Å². The zero-order valence-corrected chi connectivity index (χ0v) is 13.3. The maximum absolute atomic E-state index is 13.1. The van der Waals surface area contributed by atoms with Crippen LogP contribution in [0, 0.1) is 6.92 Å². The molecule has 8 heteroatoms. The molecule has 0 bridgehead atoms. The number of rotatable bonds is 2. The van der Waals surface area contributed by atoms with Gasteiger partial charge in [-0.25, -0.2) is 4.98 Å². The first-order chi connectivity index (χ1) is 11.9. The van der Waals surface area contributed by atoms with E-state index in [1.807, 2.05) is 19.1 Å². The number of nitrogens with zero attached hydrogens (tertiary/aromatic N) is 3. The van der Waals surface area contributed by atoms with Crippen molar-refractivity contribution in [1.82, 2.24) is 19.6 Å². The Morgan fingerprint density at radius 3 is 2.76 bits per heavy atom. The summed E-state index contributed by atoms with van der Waals surface area (Å²) in [6.45, 7) is 1.91. The Balaban J connectivity index is 2.05. The second kappa shape index (κ2) is 5.23. The topological polar surface area (TPSA) is 55.2 Å². The van der Waals surface area contributed by atoms with Gasteiger partial charge in [0.1, 0.15) is 11.4 Å². The molecule has 0 saturated carbocycles. The minimum absolute atomic E-state index is 0.189. The summed E-state index contributed by atoms with van der Waals surface area (Å²) in [6.07, 6.45) is -0.364. The van der Waals surface area contributed by atoms with Crippen LogP contribution in [0.25, 0.3) is 27.7 Å². The first-order valence-corrected chi connectivity index (χ1v) is 7.45. The molecule has 1 N–H and O–H groups in total. The molecule has 25 heavy (non-hydrogen) atoms. The molecular formula is C17H13F3N4O. The fraction of sp³-hybridized carbons (Fsp3) is 0.176. The second-order valence-electron chi connectivity index (χ2n) is 5.74. The molecule has 0 aliphatic carbocycles. The largest absolute Gasteiger partial charge is 0.496 e. The lowest BCUT2D eigenvalue weighted by molar-refractivity contribution is -0.140. The van der Waals surface area contributed by atoms with E-state index in [9.17, 15) is 13.2 Å². The fourth-order valence-corrected chi connectivity index (χ4v) is 2.99. The van der Waals surface area contributed by atoms with E-state index < -0.39 is 11.9 Å². The van der Waals surface area contributed by atoms with E-state index in [4.69, 9.17) is 4.74 Å². The van der Waals surface area contributed by atoms with Crippen LogP contribution in [-0.2, 0) is 6.18 Å². The smallest absolute Gasteiger partial charge is 0.434 e. The number of hydrogen-bond acceptors (Lipinski definition) is 3. The lowest BCUT2D eigenvalue weighted by Gasteiger charge is -2.11. The van der Waals surface area contributed by atoms with Gasteiger partial charge in [-0.15, -0.1) is 0 Å². The van der Waals surface area contributed by atoms with Crippen molar-refractivity contribution in [3.63, 3.8) is 0 Å². The van der Waals surface area contributed by atoms with Crippen molar-refractivity contribution in [2.75, 3.05) is 7.11 Å². The van der Waals surface area contributed by atoms with Crippen LogP contribution in [0.2, 0.25) is 0 Å². The number of alkyl halides is 3. The quantitative estimate of drug-likeness (QED) is 0.591. The Morgan fingerprint density at radius 2 is 2.04 bits per heavy atom. The SMILES string of the molecule is COc1ccn2cc(C(F)(F)F)nc2c1-c1cc(C)c2[nH]ncc2c1. The predicted molar refractivity (Wildman–Crippen MR) is 86.6 cm³/mol. The van der Waals surface area contributed by atoms with Crippen molar-refractivity contribution in [1.29, 1.82) is 0 Å². The molecule has 4 aromatic rings. The Hall–Kier alpha value is -3.03. The number of hydrogen-bond donors (Lipinski definition) is 1. The maximum atomic E-state index is 13.1. The molecule has 0 saturated heterocycles. The summed E-state index contributed by atoms with van der Waals surface area (Å²) in [5.74, 6) is 0.453. The summed E-state index contributed by atoms with van der Waals surface area (Å²) >= 11 is 0. The summed E-state index contributed by atoms with van der Waals surface area (Å²) in [5.41, 5.74) is 2.28. The highest BCUT2D eigenvalue weighted by Crippen LogP contribution is 2.38. The number of methoxy groups -OCH3 is 1. The monoisotopic (exact) mass is 346 g/mol. The van der Waals surface area contributed by atoms with Crippen LogP contribution in [0.3, 0.4) is 0 Å². The van der Waals surface area contributed by atoms with Gasteiger partial charge in [0.2, 0.25) is 0 Å². The van der Waals surface area contributed by atoms with E-state index >= 15 is 0 Å². The molecule has 3 aromatic heterocycles. The number of aromatic nitrogens is 4. The lowest BCUT2D eigenvalue weighted by atomic mass is 10.0. The molecule has 0 unspecified atom stereocenters. The van der Waals surface area contributed by atoms with Crippen molar-refractivity contribution in [2.45, 2.75) is 13.1 Å². The average Bonchev–Trinajstić information content (AvgIpc) is 3.19. The van der Waals surface area contributed by atoms with Crippen molar-refractivity contribution in [2.24, 2.45) is 0 Å². The summed E-state index contributed by atoms with van der Waals surface area (Å²) in [5, 5.41) is 7.78. The number of H-pyrrole nitrogens is 1. The third-order valence-electron chi connectivity index (χ3n) is 4.13. The summed E-state index contributed by atoms with van der Waals surface area (Å²) in [4.78, 5) is 3.80. The van der Waals surface area contributed by atoms with E-state index in [1.165, 1.54) is 17.7 Å². The standard InChI is InChI=1S/C17H13F3N4O/c1-9-5-10(6-11-7-21-23-15(9)11)14-12(25-2)3-4-24-8-13(17(18,19)20)22-16(14)24/h3-8H,1-2H3,(H,21,23). The summed E-state index contributed by atoms with van der Waals surface area (Å²) < 4.78 is 45.9. The van der Waals surface area contributed by atoms with Gasteiger partial charge in [-0.2, -0.15) is 18.3 Å². The highest BCUT2D eigenvalue weighted by Gasteiger charge is 2.34. The molecule has 128 valence electrons. The molecule has 0 radical (unpaired) electrons. The number of aryl methyl sites for hydroxylation is 1. The Kier molecular flexibility index (Phi) is 3.24. The van der Waals surface area contributed by atoms with Crippen molar-refractivity contribution in [3.8, 4) is 16.9 Å². The molecule has 0 amide bonds. The predicted octanol–water partition coefficient (Wildman–Crippen LogP) is 4.21. The molecule has 0 atom stereocenters. The van der Waals surface area contributed by atoms with Crippen molar-refractivity contribution >= 4 is 16.6 Å². The molecule has 0 aliphatic rings. The molecule has 0 aliphatic heterocycles. The van der Waals surface area contributed by atoms with Crippen molar-refractivity contribution in [3.05, 3.63) is 48.0 Å². The molecule has 0 fully saturated rings. The Bertz CT molecular complexity index is 1090. The number of ether oxygens (including phenoxy) is 1. The Labute approximate surface area is 140 Å². The number of aromatic amines is 1. The third-order valence-corrected chi connectivity index (χ3v) is 4.13. The van der Waals surface area contributed by atoms with Crippen LogP contribution in [0.1, 0.15) is 11.3 Å². The molecular weight excluding hydrogens is 333 g/mol. The second-order valence-corrected chi connectivity index (χ2v) is 5.74. The molecule has 5 nitrogen and oxygen atoms in total. The number of halogens is 3. The van der Waals surface area contributed by atoms with Gasteiger partial charge < -0.3 is 9.14 Å². The molecule has 1 aromatic carbocycles. The minimum atomic E-state index is -4.51. The van der Waals surface area contributed by atoms with Crippen LogP contribution in [0.5, 0.6) is 5.75 Å². The van der Waals surface area contributed by atoms with Crippen LogP contribution in [0.4, 0.5) is 13.2 Å². The van der Waals surface area contributed by atoms with Crippen LogP contribution < -0.4 is 4.74 Å². The van der Waals surface area contributed by atoms with Gasteiger partial charge in [0, 0.05) is 17.8 Å². The number of imidazole rings is 1. The summed E-state index contributed by atoms with van der Waals surface area (Å²) in [7, 11) is 1.48. The number of benzene rings is 1. The maximum Gasteiger partial charge on any atom is 0.434 e. The zero-order valence-electron chi connectivity index (χ0n) is 13.3. The van der Waals surface area contributed by atoms with Gasteiger partial charge in [-0.05, 0) is 36.2 Å². The Morgan fingerprint density at radius 1 is 1.24 bits per heavy atom. The van der Waals surface area contributed by atoms with Crippen LogP contribution in [-0.4, -0.2) is 26.7 Å². The highest BCUT2D eigenvalue weighted by molar-refractivity contribution is 5.92. The normalized spacial score (nSPS) is 12.2. The lowest BCUT2D eigenvalue weighted by Crippen LogP contribution is -2.04. The van der Waals surface area contributed by atoms with Crippen molar-refractivity contribution < 1.29 is 17.9 Å². The number of nitrogens with one attached hydrogen (secondary N) is 1. The van der Waals surface area contributed by atoms with E-state index in [0.717, 1.165) is 22.7 Å². The van der Waals surface area contributed by atoms with Gasteiger partial charge in [-0.3, -0.25) is 5.10 Å². The van der Waals surface area contributed by atoms with Gasteiger partial charge >= 0.3 is 6.18 Å². The van der Waals surface area contributed by atoms with Crippen LogP contribution in [0.15, 0.2) is 36.8 Å². The van der Waals surface area contributed by atoms with Gasteiger partial charge in [-0.1, -0.05) is 0 Å². The third kappa shape index (κ3) is 2.41. The van der Waals surface area contributed by atoms with E-state index in [-0.39, 0.29) is 5.65 Å². The summed E-state index contributed by atoms with van der Waals surface area (Å²) in [6, 6.07) is 5.35. The minimum Gasteiger partial charge on any atom is -0.496 e. The van der Waals surface area contributed by atoms with E-state index in [2.05, 4.69) is 15.2 Å². The molecule has 4 rings (SSSR count). The average molecular weight is 346 g/mol.